The van der Waals surface area contributed by atoms with Crippen molar-refractivity contribution in [1.29, 1.82) is 0 Å². The van der Waals surface area contributed by atoms with E-state index >= 15 is 0 Å². The maximum Gasteiger partial charge on any atom is 0.192 e. The number of benzene rings is 2. The molecule has 142 valence electrons. The molecule has 0 spiro atoms. The molecule has 28 heavy (non-hydrogen) atoms. The quantitative estimate of drug-likeness (QED) is 0.294. The zero-order chi connectivity index (χ0) is 19.3. The molecule has 0 radical (unpaired) electrons. The topological polar surface area (TPSA) is 52.8 Å². The van der Waals surface area contributed by atoms with Gasteiger partial charge in [0, 0.05) is 6.54 Å². The van der Waals surface area contributed by atoms with Crippen LogP contribution >= 0.6 is 23.1 Å². The van der Waals surface area contributed by atoms with Crippen LogP contribution in [0.15, 0.2) is 66.3 Å². The van der Waals surface area contributed by atoms with Crippen LogP contribution in [0.1, 0.15) is 16.4 Å². The van der Waals surface area contributed by atoms with E-state index in [0.717, 1.165) is 38.6 Å². The molecule has 4 rings (SSSR count). The summed E-state index contributed by atoms with van der Waals surface area (Å²) in [4.78, 5) is 4.69. The summed E-state index contributed by atoms with van der Waals surface area (Å²) in [6.07, 6.45) is 1.85. The maximum absolute atomic E-state index is 5.90. The molecule has 0 aliphatic rings. The van der Waals surface area contributed by atoms with E-state index in [1.165, 1.54) is 4.70 Å². The maximum atomic E-state index is 5.90. The smallest absolute Gasteiger partial charge is 0.192 e. The molecule has 2 aromatic carbocycles. The summed E-state index contributed by atoms with van der Waals surface area (Å²) >= 11 is 3.35. The highest BCUT2D eigenvalue weighted by atomic mass is 32.2. The summed E-state index contributed by atoms with van der Waals surface area (Å²) in [5, 5.41) is 10.6. The average molecular weight is 409 g/mol. The van der Waals surface area contributed by atoms with E-state index in [1.807, 2.05) is 60.0 Å². The molecule has 0 saturated heterocycles. The van der Waals surface area contributed by atoms with E-state index in [0.29, 0.717) is 13.2 Å². The Kier molecular flexibility index (Phi) is 5.73. The predicted octanol–water partition coefficient (Wildman–Crippen LogP) is 5.25. The van der Waals surface area contributed by atoms with Gasteiger partial charge < -0.3 is 4.74 Å². The first-order valence-electron chi connectivity index (χ1n) is 8.92. The molecule has 0 fully saturated rings. The molecule has 0 atom stereocenters. The Bertz CT molecular complexity index is 1070. The number of hydrogen-bond acceptors (Lipinski definition) is 6. The molecular formula is C21H20N4OS2. The Morgan fingerprint density at radius 2 is 2.07 bits per heavy atom. The zero-order valence-electron chi connectivity index (χ0n) is 15.5. The van der Waals surface area contributed by atoms with Gasteiger partial charge in [-0.2, -0.15) is 0 Å². The number of aromatic nitrogens is 4. The highest BCUT2D eigenvalue weighted by Gasteiger charge is 2.14. The predicted molar refractivity (Wildman–Crippen MR) is 115 cm³/mol. The summed E-state index contributed by atoms with van der Waals surface area (Å²) in [7, 11) is 0. The lowest BCUT2D eigenvalue weighted by molar-refractivity contribution is 0.289. The molecule has 4 aromatic rings. The highest BCUT2D eigenvalue weighted by molar-refractivity contribution is 7.98. The molecule has 0 unspecified atom stereocenters. The lowest BCUT2D eigenvalue weighted by atomic mass is 10.2. The third-order valence-corrected chi connectivity index (χ3v) is 6.32. The summed E-state index contributed by atoms with van der Waals surface area (Å²) in [5.41, 5.74) is 2.21. The molecule has 2 heterocycles. The van der Waals surface area contributed by atoms with E-state index in [-0.39, 0.29) is 0 Å². The van der Waals surface area contributed by atoms with Crippen molar-refractivity contribution in [3.8, 4) is 5.75 Å². The van der Waals surface area contributed by atoms with Crippen LogP contribution in [0, 0.1) is 6.92 Å². The van der Waals surface area contributed by atoms with Crippen molar-refractivity contribution in [1.82, 2.24) is 19.7 Å². The molecule has 0 N–H and O–H groups in total. The van der Waals surface area contributed by atoms with Gasteiger partial charge in [0.25, 0.3) is 0 Å². The van der Waals surface area contributed by atoms with Gasteiger partial charge in [0.15, 0.2) is 11.0 Å². The highest BCUT2D eigenvalue weighted by Crippen LogP contribution is 2.28. The van der Waals surface area contributed by atoms with Crippen LogP contribution in [0.3, 0.4) is 0 Å². The lowest BCUT2D eigenvalue weighted by Gasteiger charge is -2.09. The first-order chi connectivity index (χ1) is 13.7. The van der Waals surface area contributed by atoms with Gasteiger partial charge in [-0.25, -0.2) is 4.98 Å². The van der Waals surface area contributed by atoms with Gasteiger partial charge in [-0.1, -0.05) is 42.1 Å². The number of aryl methyl sites for hydroxylation is 1. The van der Waals surface area contributed by atoms with Gasteiger partial charge in [-0.3, -0.25) is 4.57 Å². The second kappa shape index (κ2) is 8.58. The van der Waals surface area contributed by atoms with Crippen LogP contribution in [-0.4, -0.2) is 19.7 Å². The Balaban J connectivity index is 1.46. The molecule has 0 amide bonds. The van der Waals surface area contributed by atoms with E-state index in [4.69, 9.17) is 4.74 Å². The third-order valence-electron chi connectivity index (χ3n) is 4.13. The largest absolute Gasteiger partial charge is 0.486 e. The Morgan fingerprint density at radius 1 is 1.18 bits per heavy atom. The third kappa shape index (κ3) is 4.26. The second-order valence-electron chi connectivity index (χ2n) is 6.27. The SMILES string of the molecule is C=CCn1c(COc2cccc(C)c2)nnc1SCc1nc2ccccc2s1. The lowest BCUT2D eigenvalue weighted by Crippen LogP contribution is -2.07. The number of nitrogens with zero attached hydrogens (tertiary/aromatic N) is 4. The van der Waals surface area contributed by atoms with Gasteiger partial charge in [0.05, 0.1) is 16.0 Å². The number of hydrogen-bond donors (Lipinski definition) is 0. The van der Waals surface area contributed by atoms with Crippen molar-refractivity contribution in [2.45, 2.75) is 31.0 Å². The summed E-state index contributed by atoms with van der Waals surface area (Å²) < 4.78 is 9.15. The Hall–Kier alpha value is -2.64. The van der Waals surface area contributed by atoms with Crippen molar-refractivity contribution in [3.05, 3.63) is 77.6 Å². The van der Waals surface area contributed by atoms with E-state index in [9.17, 15) is 0 Å². The summed E-state index contributed by atoms with van der Waals surface area (Å²) in [6.45, 7) is 6.91. The van der Waals surface area contributed by atoms with Crippen LogP contribution in [0.25, 0.3) is 10.2 Å². The monoisotopic (exact) mass is 408 g/mol. The van der Waals surface area contributed by atoms with Gasteiger partial charge >= 0.3 is 0 Å². The van der Waals surface area contributed by atoms with E-state index in [1.54, 1.807) is 23.1 Å². The zero-order valence-corrected chi connectivity index (χ0v) is 17.2. The normalized spacial score (nSPS) is 11.0. The first kappa shape index (κ1) is 18.7. The van der Waals surface area contributed by atoms with E-state index in [2.05, 4.69) is 27.8 Å². The minimum atomic E-state index is 0.367. The van der Waals surface area contributed by atoms with Crippen LogP contribution in [0.4, 0.5) is 0 Å². The van der Waals surface area contributed by atoms with Crippen LogP contribution < -0.4 is 4.74 Å². The van der Waals surface area contributed by atoms with Gasteiger partial charge in [-0.15, -0.1) is 28.1 Å². The molecule has 5 nitrogen and oxygen atoms in total. The fourth-order valence-corrected chi connectivity index (χ4v) is 4.73. The van der Waals surface area contributed by atoms with Gasteiger partial charge in [-0.05, 0) is 36.8 Å². The number of allylic oxidation sites excluding steroid dienone is 1. The number of thioether (sulfide) groups is 1. The van der Waals surface area contributed by atoms with Crippen LogP contribution in [-0.2, 0) is 18.9 Å². The van der Waals surface area contributed by atoms with Crippen LogP contribution in [0.2, 0.25) is 0 Å². The average Bonchev–Trinajstić information content (AvgIpc) is 3.28. The number of ether oxygens (including phenoxy) is 1. The second-order valence-corrected chi connectivity index (χ2v) is 8.32. The summed E-state index contributed by atoms with van der Waals surface area (Å²) in [6, 6.07) is 16.2. The molecular weight excluding hydrogens is 388 g/mol. The van der Waals surface area contributed by atoms with Crippen molar-refractivity contribution in [3.63, 3.8) is 0 Å². The molecule has 7 heteroatoms. The fourth-order valence-electron chi connectivity index (χ4n) is 2.81. The van der Waals surface area contributed by atoms with Gasteiger partial charge in [0.2, 0.25) is 0 Å². The molecule has 0 aliphatic carbocycles. The first-order valence-corrected chi connectivity index (χ1v) is 10.7. The standard InChI is InChI=1S/C21H20N4OS2/c1-3-11-25-19(13-26-16-8-6-7-15(2)12-16)23-24-21(25)27-14-20-22-17-9-4-5-10-18(17)28-20/h3-10,12H,1,11,13-14H2,2H3. The summed E-state index contributed by atoms with van der Waals surface area (Å²) in [5.74, 6) is 2.37. The molecule has 0 bridgehead atoms. The van der Waals surface area contributed by atoms with Crippen molar-refractivity contribution in [2.24, 2.45) is 0 Å². The van der Waals surface area contributed by atoms with Crippen LogP contribution in [0.5, 0.6) is 5.75 Å². The van der Waals surface area contributed by atoms with Crippen molar-refractivity contribution < 1.29 is 4.74 Å². The number of para-hydroxylation sites is 1. The molecule has 0 aliphatic heterocycles. The Morgan fingerprint density at radius 3 is 2.89 bits per heavy atom. The molecule has 0 saturated carbocycles. The number of fused-ring (bicyclic) bond motifs is 1. The fraction of sp³-hybridized carbons (Fsp3) is 0.190. The van der Waals surface area contributed by atoms with Gasteiger partial charge in [0.1, 0.15) is 17.4 Å². The van der Waals surface area contributed by atoms with Crippen molar-refractivity contribution >= 4 is 33.3 Å². The van der Waals surface area contributed by atoms with Crippen molar-refractivity contribution in [2.75, 3.05) is 0 Å². The number of thiazole rings is 1. The number of rotatable bonds is 8. The van der Waals surface area contributed by atoms with E-state index < -0.39 is 0 Å². The minimum Gasteiger partial charge on any atom is -0.486 e. The Labute approximate surface area is 172 Å². The minimum absolute atomic E-state index is 0.367. The molecule has 2 aromatic heterocycles.